The van der Waals surface area contributed by atoms with Crippen LogP contribution in [0.25, 0.3) is 10.9 Å². The largest absolute Gasteiger partial charge is 0.499 e. The lowest BCUT2D eigenvalue weighted by molar-refractivity contribution is 0.278. The lowest BCUT2D eigenvalue weighted by Crippen LogP contribution is -2.35. The van der Waals surface area contributed by atoms with E-state index < -0.39 is 5.67 Å². The Kier molecular flexibility index (Phi) is 7.11. The van der Waals surface area contributed by atoms with Crippen LogP contribution in [0.5, 0.6) is 0 Å². The van der Waals surface area contributed by atoms with E-state index in [2.05, 4.69) is 26.6 Å². The third-order valence-corrected chi connectivity index (χ3v) is 6.75. The quantitative estimate of drug-likeness (QED) is 0.342. The minimum atomic E-state index is -1.41. The van der Waals surface area contributed by atoms with Crippen molar-refractivity contribution in [1.29, 1.82) is 0 Å². The third kappa shape index (κ3) is 4.89. The Bertz CT molecular complexity index is 1110. The number of anilines is 2. The monoisotopic (exact) mass is 468 g/mol. The number of rotatable bonds is 9. The fourth-order valence-corrected chi connectivity index (χ4v) is 4.45. The van der Waals surface area contributed by atoms with Crippen LogP contribution < -0.4 is 9.80 Å². The number of hydrogen-bond donors (Lipinski definition) is 1. The highest BCUT2D eigenvalue weighted by molar-refractivity contribution is 5.92. The van der Waals surface area contributed by atoms with E-state index in [9.17, 15) is 5.11 Å². The second-order valence-electron chi connectivity index (χ2n) is 9.02. The molecule has 1 N–H and O–H groups in total. The average Bonchev–Trinajstić information content (AvgIpc) is 3.62. The molecule has 0 atom stereocenters. The lowest BCUT2D eigenvalue weighted by atomic mass is 9.92. The van der Waals surface area contributed by atoms with Crippen LogP contribution in [0.4, 0.5) is 15.9 Å². The van der Waals surface area contributed by atoms with Gasteiger partial charge in [-0.2, -0.15) is 0 Å². The SMILES string of the molecule is C=N/C=N\C(=C(/C)OC)C1CCN(c2nc(C3(F)CC3)nc3ccc(N(C)CCO)cc23)CC1. The lowest BCUT2D eigenvalue weighted by Gasteiger charge is -2.34. The Balaban J connectivity index is 1.67. The summed E-state index contributed by atoms with van der Waals surface area (Å²) in [4.78, 5) is 21.8. The number of aliphatic imine (C=N–C) groups is 2. The Morgan fingerprint density at radius 3 is 2.71 bits per heavy atom. The Morgan fingerprint density at radius 2 is 2.09 bits per heavy atom. The molecule has 0 amide bonds. The van der Waals surface area contributed by atoms with E-state index >= 15 is 4.39 Å². The van der Waals surface area contributed by atoms with Crippen molar-refractivity contribution in [2.75, 3.05) is 50.2 Å². The highest BCUT2D eigenvalue weighted by Crippen LogP contribution is 2.49. The molecular weight excluding hydrogens is 435 g/mol. The van der Waals surface area contributed by atoms with Gasteiger partial charge < -0.3 is 19.6 Å². The molecule has 0 spiro atoms. The van der Waals surface area contributed by atoms with E-state index in [1.165, 1.54) is 6.34 Å². The molecule has 182 valence electrons. The summed E-state index contributed by atoms with van der Waals surface area (Å²) in [5, 5.41) is 10.2. The van der Waals surface area contributed by atoms with Gasteiger partial charge in [-0.15, -0.1) is 0 Å². The van der Waals surface area contributed by atoms with E-state index in [0.717, 1.165) is 59.8 Å². The molecule has 2 heterocycles. The number of ether oxygens (including phenoxy) is 1. The number of fused-ring (bicyclic) bond motifs is 1. The molecule has 2 aromatic rings. The Morgan fingerprint density at radius 1 is 1.35 bits per heavy atom. The molecular formula is C25H33FN6O2. The standard InChI is InChI=1S/C25H33FN6O2/c1-17(34-4)22(28-16-27-2)18-7-11-32(12-8-18)23-20-15-19(31(3)13-14-33)5-6-21(20)29-24(30-23)25(26)9-10-25/h5-6,15-16,18,33H,2,7-14H2,1,3-4H3/b22-17+,28-16-. The number of methoxy groups -OCH3 is 1. The number of likely N-dealkylation sites (N-methyl/N-ethyl adjacent to an activating group) is 1. The summed E-state index contributed by atoms with van der Waals surface area (Å²) in [7, 11) is 3.58. The summed E-state index contributed by atoms with van der Waals surface area (Å²) in [5.41, 5.74) is 1.18. The Hall–Kier alpha value is -3.07. The van der Waals surface area contributed by atoms with Gasteiger partial charge in [-0.05, 0) is 57.5 Å². The maximum atomic E-state index is 15.0. The molecule has 1 saturated carbocycles. The molecule has 8 nitrogen and oxygen atoms in total. The second-order valence-corrected chi connectivity index (χ2v) is 9.02. The molecule has 2 aliphatic rings. The third-order valence-electron chi connectivity index (χ3n) is 6.75. The van der Waals surface area contributed by atoms with Crippen molar-refractivity contribution in [3.8, 4) is 0 Å². The number of benzene rings is 1. The van der Waals surface area contributed by atoms with Gasteiger partial charge >= 0.3 is 0 Å². The highest BCUT2D eigenvalue weighted by Gasteiger charge is 2.48. The number of aromatic nitrogens is 2. The van der Waals surface area contributed by atoms with Gasteiger partial charge in [-0.3, -0.25) is 4.99 Å². The minimum Gasteiger partial charge on any atom is -0.499 e. The smallest absolute Gasteiger partial charge is 0.170 e. The van der Waals surface area contributed by atoms with Crippen LogP contribution in [0, 0.1) is 5.92 Å². The summed E-state index contributed by atoms with van der Waals surface area (Å²) in [6.45, 7) is 7.48. The normalized spacial score (nSPS) is 18.8. The molecule has 1 aliphatic carbocycles. The molecule has 1 aromatic heterocycles. The van der Waals surface area contributed by atoms with E-state index in [-0.39, 0.29) is 18.3 Å². The number of allylic oxidation sites excluding steroid dienone is 2. The van der Waals surface area contributed by atoms with Crippen molar-refractivity contribution >= 4 is 35.5 Å². The van der Waals surface area contributed by atoms with Gasteiger partial charge in [0.15, 0.2) is 11.5 Å². The fourth-order valence-electron chi connectivity index (χ4n) is 4.45. The number of piperidine rings is 1. The van der Waals surface area contributed by atoms with Crippen LogP contribution in [0.3, 0.4) is 0 Å². The summed E-state index contributed by atoms with van der Waals surface area (Å²) >= 11 is 0. The first-order valence-corrected chi connectivity index (χ1v) is 11.7. The van der Waals surface area contributed by atoms with Crippen molar-refractivity contribution in [2.24, 2.45) is 15.9 Å². The van der Waals surface area contributed by atoms with Crippen LogP contribution in [-0.2, 0) is 10.4 Å². The van der Waals surface area contributed by atoms with Crippen LogP contribution >= 0.6 is 0 Å². The number of halogens is 1. The zero-order valence-electron chi connectivity index (χ0n) is 20.2. The molecule has 1 aromatic carbocycles. The maximum Gasteiger partial charge on any atom is 0.170 e. The van der Waals surface area contributed by atoms with Crippen LogP contribution in [-0.4, -0.2) is 68.5 Å². The van der Waals surface area contributed by atoms with Crippen molar-refractivity contribution < 1.29 is 14.2 Å². The number of nitrogens with zero attached hydrogens (tertiary/aromatic N) is 6. The molecule has 2 fully saturated rings. The van der Waals surface area contributed by atoms with Crippen LogP contribution in [0.1, 0.15) is 38.4 Å². The Labute approximate surface area is 199 Å². The van der Waals surface area contributed by atoms with Gasteiger partial charge in [0.25, 0.3) is 0 Å². The molecule has 1 saturated heterocycles. The number of hydrogen-bond acceptors (Lipinski definition) is 7. The average molecular weight is 469 g/mol. The van der Waals surface area contributed by atoms with Gasteiger partial charge in [-0.25, -0.2) is 19.4 Å². The molecule has 0 radical (unpaired) electrons. The van der Waals surface area contributed by atoms with Crippen molar-refractivity contribution in [1.82, 2.24) is 9.97 Å². The van der Waals surface area contributed by atoms with Crippen molar-refractivity contribution in [2.45, 2.75) is 38.3 Å². The topological polar surface area (TPSA) is 86.4 Å². The predicted molar refractivity (Wildman–Crippen MR) is 135 cm³/mol. The first kappa shape index (κ1) is 24.1. The molecule has 4 rings (SSSR count). The van der Waals surface area contributed by atoms with Gasteiger partial charge in [0.2, 0.25) is 0 Å². The zero-order chi connectivity index (χ0) is 24.3. The van der Waals surface area contributed by atoms with Crippen molar-refractivity contribution in [3.05, 3.63) is 35.5 Å². The molecule has 1 aliphatic heterocycles. The number of aliphatic hydroxyl groups excluding tert-OH is 1. The van der Waals surface area contributed by atoms with E-state index in [4.69, 9.17) is 9.72 Å². The predicted octanol–water partition coefficient (Wildman–Crippen LogP) is 3.84. The summed E-state index contributed by atoms with van der Waals surface area (Å²) in [5.74, 6) is 2.06. The van der Waals surface area contributed by atoms with Gasteiger partial charge in [-0.1, -0.05) is 0 Å². The second kappa shape index (κ2) is 10.0. The zero-order valence-corrected chi connectivity index (χ0v) is 20.2. The number of alkyl halides is 1. The van der Waals surface area contributed by atoms with E-state index in [1.807, 2.05) is 37.1 Å². The first-order chi connectivity index (χ1) is 16.4. The maximum absolute atomic E-state index is 15.0. The minimum absolute atomic E-state index is 0.0648. The van der Waals surface area contributed by atoms with Gasteiger partial charge in [0.05, 0.1) is 24.9 Å². The van der Waals surface area contributed by atoms with Gasteiger partial charge in [0.1, 0.15) is 17.9 Å². The fraction of sp³-hybridized carbons (Fsp3) is 0.520. The van der Waals surface area contributed by atoms with Crippen LogP contribution in [0.2, 0.25) is 0 Å². The molecule has 0 bridgehead atoms. The highest BCUT2D eigenvalue weighted by atomic mass is 19.1. The summed E-state index contributed by atoms with van der Waals surface area (Å²) in [6, 6.07) is 5.92. The number of aliphatic hydroxyl groups is 1. The molecule has 9 heteroatoms. The first-order valence-electron chi connectivity index (χ1n) is 11.7. The van der Waals surface area contributed by atoms with Gasteiger partial charge in [0, 0.05) is 43.7 Å². The molecule has 34 heavy (non-hydrogen) atoms. The van der Waals surface area contributed by atoms with Crippen LogP contribution in [0.15, 0.2) is 39.6 Å². The van der Waals surface area contributed by atoms with Crippen molar-refractivity contribution in [3.63, 3.8) is 0 Å². The van der Waals surface area contributed by atoms with E-state index in [1.54, 1.807) is 7.11 Å². The summed E-state index contributed by atoms with van der Waals surface area (Å²) in [6.07, 6.45) is 4.11. The van der Waals surface area contributed by atoms with E-state index in [0.29, 0.717) is 19.4 Å². The summed E-state index contributed by atoms with van der Waals surface area (Å²) < 4.78 is 20.5. The molecule has 0 unspecified atom stereocenters.